The second-order valence-corrected chi connectivity index (χ2v) is 6.97. The van der Waals surface area contributed by atoms with Crippen molar-refractivity contribution < 1.29 is 9.90 Å². The topological polar surface area (TPSA) is 49.3 Å². The zero-order chi connectivity index (χ0) is 13.2. The summed E-state index contributed by atoms with van der Waals surface area (Å²) in [5, 5.41) is 13.0. The van der Waals surface area contributed by atoms with Crippen molar-refractivity contribution in [2.24, 2.45) is 23.7 Å². The minimum absolute atomic E-state index is 0.106. The molecule has 3 fully saturated rings. The van der Waals surface area contributed by atoms with Gasteiger partial charge >= 0.3 is 5.97 Å². The first-order chi connectivity index (χ1) is 9.25. The molecule has 0 radical (unpaired) electrons. The minimum Gasteiger partial charge on any atom is -0.481 e. The third-order valence-electron chi connectivity index (χ3n) is 5.86. The van der Waals surface area contributed by atoms with E-state index < -0.39 is 5.97 Å². The molecule has 0 spiro atoms. The molecule has 3 nitrogen and oxygen atoms in total. The fourth-order valence-corrected chi connectivity index (χ4v) is 4.87. The molecule has 3 heteroatoms. The molecule has 3 saturated carbocycles. The maximum Gasteiger partial charge on any atom is 0.308 e. The fourth-order valence-electron chi connectivity index (χ4n) is 4.87. The Hall–Kier alpha value is -0.570. The van der Waals surface area contributed by atoms with Crippen molar-refractivity contribution in [3.05, 3.63) is 0 Å². The van der Waals surface area contributed by atoms with Gasteiger partial charge in [0.1, 0.15) is 0 Å². The van der Waals surface area contributed by atoms with Crippen molar-refractivity contribution in [3.63, 3.8) is 0 Å². The molecule has 0 aromatic heterocycles. The van der Waals surface area contributed by atoms with Crippen molar-refractivity contribution >= 4 is 5.97 Å². The van der Waals surface area contributed by atoms with Crippen molar-refractivity contribution in [3.8, 4) is 0 Å². The van der Waals surface area contributed by atoms with Crippen LogP contribution in [0.4, 0.5) is 0 Å². The molecule has 4 atom stereocenters. The van der Waals surface area contributed by atoms with Crippen LogP contribution in [-0.4, -0.2) is 23.7 Å². The van der Waals surface area contributed by atoms with Crippen LogP contribution in [0.3, 0.4) is 0 Å². The maximum atomic E-state index is 11.4. The number of carboxylic acid groups (broad SMARTS) is 1. The lowest BCUT2D eigenvalue weighted by Crippen LogP contribution is -2.44. The highest BCUT2D eigenvalue weighted by molar-refractivity contribution is 5.72. The van der Waals surface area contributed by atoms with E-state index in [-0.39, 0.29) is 12.0 Å². The van der Waals surface area contributed by atoms with Crippen LogP contribution < -0.4 is 5.32 Å². The Bertz CT molecular complexity index is 325. The third-order valence-corrected chi connectivity index (χ3v) is 5.86. The van der Waals surface area contributed by atoms with Gasteiger partial charge in [0.25, 0.3) is 0 Å². The van der Waals surface area contributed by atoms with Gasteiger partial charge in [0.05, 0.1) is 5.92 Å². The van der Waals surface area contributed by atoms with Crippen LogP contribution in [-0.2, 0) is 4.79 Å². The Balaban J connectivity index is 1.47. The molecule has 0 aliphatic heterocycles. The second-order valence-electron chi connectivity index (χ2n) is 6.97. The Kier molecular flexibility index (Phi) is 4.11. The molecule has 0 aromatic carbocycles. The van der Waals surface area contributed by atoms with Crippen LogP contribution in [0.5, 0.6) is 0 Å². The van der Waals surface area contributed by atoms with E-state index in [2.05, 4.69) is 5.32 Å². The molecule has 0 amide bonds. The van der Waals surface area contributed by atoms with E-state index >= 15 is 0 Å². The smallest absolute Gasteiger partial charge is 0.308 e. The van der Waals surface area contributed by atoms with Gasteiger partial charge in [-0.05, 0) is 50.0 Å². The molecule has 2 N–H and O–H groups in total. The number of carboxylic acids is 1. The van der Waals surface area contributed by atoms with Crippen LogP contribution in [0.1, 0.15) is 57.8 Å². The van der Waals surface area contributed by atoms with Crippen molar-refractivity contribution in [1.29, 1.82) is 0 Å². The number of nitrogens with one attached hydrogen (secondary N) is 1. The maximum absolute atomic E-state index is 11.4. The molecule has 2 bridgehead atoms. The first kappa shape index (κ1) is 13.4. The average Bonchev–Trinajstić information content (AvgIpc) is 3.00. The summed E-state index contributed by atoms with van der Waals surface area (Å²) in [4.78, 5) is 11.4. The van der Waals surface area contributed by atoms with Crippen LogP contribution in [0.25, 0.3) is 0 Å². The Morgan fingerprint density at radius 3 is 2.53 bits per heavy atom. The summed E-state index contributed by atoms with van der Waals surface area (Å²) < 4.78 is 0. The van der Waals surface area contributed by atoms with E-state index in [1.807, 2.05) is 0 Å². The van der Waals surface area contributed by atoms with Gasteiger partial charge in [0, 0.05) is 6.04 Å². The van der Waals surface area contributed by atoms with E-state index in [1.165, 1.54) is 44.9 Å². The highest BCUT2D eigenvalue weighted by Gasteiger charge is 2.50. The lowest BCUT2D eigenvalue weighted by Gasteiger charge is -2.30. The number of hydrogen-bond donors (Lipinski definition) is 2. The van der Waals surface area contributed by atoms with E-state index in [0.717, 1.165) is 25.3 Å². The van der Waals surface area contributed by atoms with Gasteiger partial charge in [-0.1, -0.05) is 32.1 Å². The zero-order valence-electron chi connectivity index (χ0n) is 11.8. The second kappa shape index (κ2) is 5.82. The fraction of sp³-hybridized carbons (Fsp3) is 0.938. The van der Waals surface area contributed by atoms with Crippen LogP contribution in [0.2, 0.25) is 0 Å². The van der Waals surface area contributed by atoms with Crippen molar-refractivity contribution in [1.82, 2.24) is 5.32 Å². The summed E-state index contributed by atoms with van der Waals surface area (Å²) in [6.45, 7) is 1.03. The number of carbonyl (C=O) groups is 1. The van der Waals surface area contributed by atoms with E-state index in [4.69, 9.17) is 0 Å². The quantitative estimate of drug-likeness (QED) is 0.803. The summed E-state index contributed by atoms with van der Waals surface area (Å²) in [5.41, 5.74) is 0. The molecular formula is C16H27NO2. The molecule has 3 rings (SSSR count). The molecule has 3 aliphatic rings. The molecule has 19 heavy (non-hydrogen) atoms. The number of rotatable bonds is 5. The summed E-state index contributed by atoms with van der Waals surface area (Å²) >= 11 is 0. The van der Waals surface area contributed by atoms with Crippen LogP contribution >= 0.6 is 0 Å². The molecular weight excluding hydrogens is 238 g/mol. The third kappa shape index (κ3) is 2.81. The summed E-state index contributed by atoms with van der Waals surface area (Å²) in [6, 6.07) is 0.264. The van der Waals surface area contributed by atoms with Crippen LogP contribution in [0.15, 0.2) is 0 Å². The lowest BCUT2D eigenvalue weighted by molar-refractivity contribution is -0.144. The molecule has 0 saturated heterocycles. The van der Waals surface area contributed by atoms with Gasteiger partial charge < -0.3 is 10.4 Å². The molecule has 0 aromatic rings. The first-order valence-corrected chi connectivity index (χ1v) is 8.22. The van der Waals surface area contributed by atoms with Gasteiger partial charge in [-0.15, -0.1) is 0 Å². The van der Waals surface area contributed by atoms with Gasteiger partial charge in [0.2, 0.25) is 0 Å². The Morgan fingerprint density at radius 1 is 1.05 bits per heavy atom. The predicted molar refractivity (Wildman–Crippen MR) is 74.9 cm³/mol. The Morgan fingerprint density at radius 2 is 1.79 bits per heavy atom. The number of hydrogen-bond acceptors (Lipinski definition) is 2. The summed E-state index contributed by atoms with van der Waals surface area (Å²) in [5.74, 6) is 1.31. The highest BCUT2D eigenvalue weighted by Crippen LogP contribution is 2.48. The van der Waals surface area contributed by atoms with E-state index in [9.17, 15) is 9.90 Å². The first-order valence-electron chi connectivity index (χ1n) is 8.22. The Labute approximate surface area is 116 Å². The van der Waals surface area contributed by atoms with Crippen molar-refractivity contribution in [2.75, 3.05) is 6.54 Å². The zero-order valence-corrected chi connectivity index (χ0v) is 11.8. The van der Waals surface area contributed by atoms with Gasteiger partial charge in [-0.3, -0.25) is 4.79 Å². The van der Waals surface area contributed by atoms with E-state index in [1.54, 1.807) is 0 Å². The monoisotopic (exact) mass is 265 g/mol. The highest BCUT2D eigenvalue weighted by atomic mass is 16.4. The summed E-state index contributed by atoms with van der Waals surface area (Å²) in [6.07, 6.45) is 11.8. The normalized spacial score (nSPS) is 38.7. The largest absolute Gasteiger partial charge is 0.481 e. The number of aliphatic carboxylic acids is 1. The van der Waals surface area contributed by atoms with Crippen molar-refractivity contribution in [2.45, 2.75) is 63.8 Å². The summed E-state index contributed by atoms with van der Waals surface area (Å²) in [7, 11) is 0. The molecule has 3 aliphatic carbocycles. The molecule has 4 unspecified atom stereocenters. The molecule has 0 heterocycles. The lowest BCUT2D eigenvalue weighted by atomic mass is 9.83. The SMILES string of the molecule is O=C(O)C1C2CCC(C2)C1NCCC1CCCCC1. The average molecular weight is 265 g/mol. The van der Waals surface area contributed by atoms with Crippen LogP contribution in [0, 0.1) is 23.7 Å². The molecule has 108 valence electrons. The van der Waals surface area contributed by atoms with Gasteiger partial charge in [-0.2, -0.15) is 0 Å². The van der Waals surface area contributed by atoms with E-state index in [0.29, 0.717) is 11.8 Å². The number of fused-ring (bicyclic) bond motifs is 2. The van der Waals surface area contributed by atoms with Gasteiger partial charge in [0.15, 0.2) is 0 Å². The predicted octanol–water partition coefficient (Wildman–Crippen LogP) is 3.05. The van der Waals surface area contributed by atoms with Gasteiger partial charge in [-0.25, -0.2) is 0 Å². The minimum atomic E-state index is -0.567. The standard InChI is InChI=1S/C16H27NO2/c18-16(19)14-12-6-7-13(10-12)15(14)17-9-8-11-4-2-1-3-5-11/h11-15,17H,1-10H2,(H,18,19).